The smallest absolute Gasteiger partial charge is 0.269 e. The van der Waals surface area contributed by atoms with Gasteiger partial charge in [-0.05, 0) is 42.8 Å². The minimum absolute atomic E-state index is 0.0202. The molecule has 0 radical (unpaired) electrons. The fourth-order valence-corrected chi connectivity index (χ4v) is 3.52. The van der Waals surface area contributed by atoms with Gasteiger partial charge in [0.1, 0.15) is 5.75 Å². The van der Waals surface area contributed by atoms with Crippen molar-refractivity contribution in [3.05, 3.63) is 58.6 Å². The number of carbonyl (C=O) groups excluding carboxylic acids is 1. The number of nitrogens with zero attached hydrogens (tertiary/aromatic N) is 1. The van der Waals surface area contributed by atoms with Gasteiger partial charge in [-0.3, -0.25) is 14.9 Å². The van der Waals surface area contributed by atoms with Crippen LogP contribution >= 0.6 is 0 Å². The van der Waals surface area contributed by atoms with Gasteiger partial charge in [0.05, 0.1) is 22.7 Å². The molecule has 2 rings (SSSR count). The molecular weight excluding hydrogens is 360 g/mol. The van der Waals surface area contributed by atoms with Gasteiger partial charge < -0.3 is 10.1 Å². The number of non-ortho nitro benzene ring substituents is 1. The van der Waals surface area contributed by atoms with Crippen LogP contribution in [-0.4, -0.2) is 32.1 Å². The molecule has 0 aromatic heterocycles. The quantitative estimate of drug-likeness (QED) is 0.558. The fraction of sp³-hybridized carbons (Fsp3) is 0.235. The summed E-state index contributed by atoms with van der Waals surface area (Å²) in [6.07, 6.45) is 0.180. The van der Waals surface area contributed by atoms with Gasteiger partial charge in [0.15, 0.2) is 9.84 Å². The van der Waals surface area contributed by atoms with E-state index in [-0.39, 0.29) is 35.1 Å². The maximum Gasteiger partial charge on any atom is 0.269 e. The topological polar surface area (TPSA) is 116 Å². The van der Waals surface area contributed by atoms with Crippen molar-refractivity contribution in [3.8, 4) is 5.75 Å². The minimum Gasteiger partial charge on any atom is -0.497 e. The lowest BCUT2D eigenvalue weighted by Gasteiger charge is -2.07. The molecule has 0 saturated heterocycles. The number of nitro benzene ring substituents is 1. The standard InChI is InChI=1S/C17H18N2O6S/c1-25-15-8-10-16(11-9-15)26(23,24)12-2-3-17(20)18-13-4-6-14(7-5-13)19(21)22/h4-11H,2-3,12H2,1H3,(H,18,20). The lowest BCUT2D eigenvalue weighted by molar-refractivity contribution is -0.384. The van der Waals surface area contributed by atoms with Crippen LogP contribution in [0.1, 0.15) is 12.8 Å². The third kappa shape index (κ3) is 5.28. The lowest BCUT2D eigenvalue weighted by atomic mass is 10.2. The molecular formula is C17H18N2O6S. The Bertz CT molecular complexity index is 876. The van der Waals surface area contributed by atoms with Crippen LogP contribution < -0.4 is 10.1 Å². The first-order valence-electron chi connectivity index (χ1n) is 7.73. The number of rotatable bonds is 8. The van der Waals surface area contributed by atoms with Gasteiger partial charge >= 0.3 is 0 Å². The van der Waals surface area contributed by atoms with Crippen LogP contribution in [0.3, 0.4) is 0 Å². The average molecular weight is 378 g/mol. The number of anilines is 1. The van der Waals surface area contributed by atoms with Gasteiger partial charge in [-0.25, -0.2) is 8.42 Å². The van der Waals surface area contributed by atoms with Gasteiger partial charge in [-0.1, -0.05) is 0 Å². The van der Waals surface area contributed by atoms with E-state index in [9.17, 15) is 23.3 Å². The molecule has 0 fully saturated rings. The molecule has 138 valence electrons. The van der Waals surface area contributed by atoms with E-state index in [1.54, 1.807) is 12.1 Å². The maximum absolute atomic E-state index is 12.2. The van der Waals surface area contributed by atoms with Crippen LogP contribution in [0.4, 0.5) is 11.4 Å². The number of methoxy groups -OCH3 is 1. The number of sulfone groups is 1. The summed E-state index contributed by atoms with van der Waals surface area (Å²) in [6, 6.07) is 11.5. The number of benzene rings is 2. The van der Waals surface area contributed by atoms with Gasteiger partial charge in [0.25, 0.3) is 5.69 Å². The number of hydrogen-bond acceptors (Lipinski definition) is 6. The summed E-state index contributed by atoms with van der Waals surface area (Å²) >= 11 is 0. The molecule has 9 heteroatoms. The highest BCUT2D eigenvalue weighted by Gasteiger charge is 2.15. The van der Waals surface area contributed by atoms with E-state index in [2.05, 4.69) is 5.32 Å². The molecule has 2 aromatic rings. The largest absolute Gasteiger partial charge is 0.497 e. The Hall–Kier alpha value is -2.94. The van der Waals surface area contributed by atoms with Crippen molar-refractivity contribution in [2.45, 2.75) is 17.7 Å². The average Bonchev–Trinajstić information content (AvgIpc) is 2.62. The summed E-state index contributed by atoms with van der Waals surface area (Å²) in [7, 11) is -1.99. The van der Waals surface area contributed by atoms with Gasteiger partial charge in [0, 0.05) is 24.2 Å². The Morgan fingerprint density at radius 2 is 1.73 bits per heavy atom. The monoisotopic (exact) mass is 378 g/mol. The Morgan fingerprint density at radius 3 is 2.27 bits per heavy atom. The molecule has 0 aliphatic carbocycles. The number of carbonyl (C=O) groups is 1. The van der Waals surface area contributed by atoms with Crippen molar-refractivity contribution in [2.75, 3.05) is 18.2 Å². The van der Waals surface area contributed by atoms with Crippen molar-refractivity contribution in [1.82, 2.24) is 0 Å². The summed E-state index contributed by atoms with van der Waals surface area (Å²) in [5, 5.41) is 13.2. The summed E-state index contributed by atoms with van der Waals surface area (Å²) in [6.45, 7) is 0. The zero-order valence-corrected chi connectivity index (χ0v) is 14.9. The number of hydrogen-bond donors (Lipinski definition) is 1. The van der Waals surface area contributed by atoms with E-state index in [1.165, 1.54) is 43.5 Å². The van der Waals surface area contributed by atoms with E-state index in [1.807, 2.05) is 0 Å². The van der Waals surface area contributed by atoms with E-state index in [0.717, 1.165) is 0 Å². The van der Waals surface area contributed by atoms with E-state index < -0.39 is 14.8 Å². The zero-order chi connectivity index (χ0) is 19.2. The van der Waals surface area contributed by atoms with Crippen LogP contribution in [0.25, 0.3) is 0 Å². The molecule has 0 atom stereocenters. The maximum atomic E-state index is 12.2. The van der Waals surface area contributed by atoms with Crippen molar-refractivity contribution < 1.29 is 22.9 Å². The zero-order valence-electron chi connectivity index (χ0n) is 14.0. The molecule has 0 heterocycles. The molecule has 0 aliphatic heterocycles. The molecule has 2 aromatic carbocycles. The highest BCUT2D eigenvalue weighted by molar-refractivity contribution is 7.91. The molecule has 0 unspecified atom stereocenters. The second-order valence-electron chi connectivity index (χ2n) is 5.45. The molecule has 0 bridgehead atoms. The molecule has 1 N–H and O–H groups in total. The molecule has 1 amide bonds. The Balaban J connectivity index is 1.85. The van der Waals surface area contributed by atoms with Gasteiger partial charge in [-0.15, -0.1) is 0 Å². The van der Waals surface area contributed by atoms with E-state index in [4.69, 9.17) is 4.74 Å². The normalized spacial score (nSPS) is 11.0. The first-order chi connectivity index (χ1) is 12.3. The second kappa shape index (κ2) is 8.43. The third-order valence-corrected chi connectivity index (χ3v) is 5.41. The molecule has 0 saturated carbocycles. The van der Waals surface area contributed by atoms with Crippen molar-refractivity contribution >= 4 is 27.1 Å². The number of amides is 1. The number of ether oxygens (including phenoxy) is 1. The van der Waals surface area contributed by atoms with E-state index in [0.29, 0.717) is 11.4 Å². The minimum atomic E-state index is -3.48. The van der Waals surface area contributed by atoms with Crippen LogP contribution in [0, 0.1) is 10.1 Å². The van der Waals surface area contributed by atoms with Crippen molar-refractivity contribution in [1.29, 1.82) is 0 Å². The first-order valence-corrected chi connectivity index (χ1v) is 9.38. The molecule has 0 aliphatic rings. The van der Waals surface area contributed by atoms with Crippen molar-refractivity contribution in [2.24, 2.45) is 0 Å². The molecule has 26 heavy (non-hydrogen) atoms. The van der Waals surface area contributed by atoms with Crippen LogP contribution in [0.2, 0.25) is 0 Å². The van der Waals surface area contributed by atoms with Gasteiger partial charge in [-0.2, -0.15) is 0 Å². The fourth-order valence-electron chi connectivity index (χ4n) is 2.21. The van der Waals surface area contributed by atoms with Crippen LogP contribution in [-0.2, 0) is 14.6 Å². The lowest BCUT2D eigenvalue weighted by Crippen LogP contribution is -2.14. The highest BCUT2D eigenvalue weighted by atomic mass is 32.2. The predicted octanol–water partition coefficient (Wildman–Crippen LogP) is 2.80. The Kier molecular flexibility index (Phi) is 6.29. The SMILES string of the molecule is COc1ccc(S(=O)(=O)CCCC(=O)Nc2ccc([N+](=O)[O-])cc2)cc1. The Morgan fingerprint density at radius 1 is 1.12 bits per heavy atom. The van der Waals surface area contributed by atoms with Gasteiger partial charge in [0.2, 0.25) is 5.91 Å². The number of nitro groups is 1. The summed E-state index contributed by atoms with van der Waals surface area (Å²) in [4.78, 5) is 22.1. The number of nitrogens with one attached hydrogen (secondary N) is 1. The summed E-state index contributed by atoms with van der Waals surface area (Å²) in [5.74, 6) is 0.0442. The molecule has 8 nitrogen and oxygen atoms in total. The second-order valence-corrected chi connectivity index (χ2v) is 7.56. The first kappa shape index (κ1) is 19.4. The summed E-state index contributed by atoms with van der Waals surface area (Å²) in [5.41, 5.74) is 0.340. The summed E-state index contributed by atoms with van der Waals surface area (Å²) < 4.78 is 29.5. The van der Waals surface area contributed by atoms with E-state index >= 15 is 0 Å². The van der Waals surface area contributed by atoms with Crippen LogP contribution in [0.5, 0.6) is 5.75 Å². The molecule has 0 spiro atoms. The third-order valence-electron chi connectivity index (χ3n) is 3.60. The van der Waals surface area contributed by atoms with Crippen LogP contribution in [0.15, 0.2) is 53.4 Å². The predicted molar refractivity (Wildman–Crippen MR) is 96.0 cm³/mol. The Labute approximate surface area is 150 Å². The highest BCUT2D eigenvalue weighted by Crippen LogP contribution is 2.18. The van der Waals surface area contributed by atoms with Crippen molar-refractivity contribution in [3.63, 3.8) is 0 Å².